The van der Waals surface area contributed by atoms with Crippen molar-refractivity contribution < 1.29 is 9.34 Å². The summed E-state index contributed by atoms with van der Waals surface area (Å²) < 4.78 is 5.03. The van der Waals surface area contributed by atoms with Crippen LogP contribution in [0.3, 0.4) is 0 Å². The van der Waals surface area contributed by atoms with Crippen LogP contribution in [0.1, 0.15) is 5.89 Å². The van der Waals surface area contributed by atoms with E-state index in [-0.39, 0.29) is 32.0 Å². The van der Waals surface area contributed by atoms with Crippen LogP contribution in [0.4, 0.5) is 5.69 Å². The van der Waals surface area contributed by atoms with Crippen LogP contribution in [0.15, 0.2) is 19.8 Å². The Labute approximate surface area is 107 Å². The van der Waals surface area contributed by atoms with Gasteiger partial charge in [0.1, 0.15) is 15.9 Å². The number of aromatic nitrogens is 1. The van der Waals surface area contributed by atoms with Crippen molar-refractivity contribution in [2.75, 3.05) is 0 Å². The molecule has 0 spiro atoms. The lowest BCUT2D eigenvalue weighted by Crippen LogP contribution is -2.05. The third-order valence-corrected chi connectivity index (χ3v) is 3.08. The molecule has 0 bridgehead atoms. The number of halogens is 2. The predicted octanol–water partition coefficient (Wildman–Crippen LogP) is 2.82. The fourth-order valence-electron chi connectivity index (χ4n) is 1.40. The zero-order chi connectivity index (χ0) is 12.7. The first-order chi connectivity index (χ1) is 7.91. The predicted molar refractivity (Wildman–Crippen MR) is 64.4 cm³/mol. The number of rotatable bonds is 1. The maximum atomic E-state index is 11.6. The fraction of sp³-hybridized carbons (Fsp3) is 0.111. The summed E-state index contributed by atoms with van der Waals surface area (Å²) >= 11 is 8.91. The molecule has 0 aliphatic rings. The molecule has 1 heterocycles. The van der Waals surface area contributed by atoms with Crippen LogP contribution in [0.2, 0.25) is 5.02 Å². The van der Waals surface area contributed by atoms with Gasteiger partial charge in [-0.2, -0.15) is 0 Å². The molecule has 0 aliphatic carbocycles. The van der Waals surface area contributed by atoms with E-state index >= 15 is 0 Å². The summed E-state index contributed by atoms with van der Waals surface area (Å²) in [6.45, 7) is 1.46. The number of benzene rings is 1. The number of nitro groups is 1. The monoisotopic (exact) mass is 318 g/mol. The minimum Gasteiger partial charge on any atom is -0.408 e. The summed E-state index contributed by atoms with van der Waals surface area (Å²) in [5.74, 6) is 0.0943. The molecule has 0 unspecified atom stereocenters. The van der Waals surface area contributed by atoms with Gasteiger partial charge in [0.25, 0.3) is 5.69 Å². The van der Waals surface area contributed by atoms with Crippen molar-refractivity contribution in [3.63, 3.8) is 0 Å². The Kier molecular flexibility index (Phi) is 2.88. The SMILES string of the molecule is Cc1nc2c(Cl)c([N+](=O)[O-])cc(Br)c2c(=O)o1. The lowest BCUT2D eigenvalue weighted by atomic mass is 10.2. The molecule has 0 aliphatic heterocycles. The first-order valence-electron chi connectivity index (χ1n) is 4.35. The van der Waals surface area contributed by atoms with Gasteiger partial charge in [-0.3, -0.25) is 10.1 Å². The Morgan fingerprint density at radius 3 is 2.82 bits per heavy atom. The van der Waals surface area contributed by atoms with Gasteiger partial charge in [-0.1, -0.05) is 11.6 Å². The van der Waals surface area contributed by atoms with E-state index in [4.69, 9.17) is 16.0 Å². The number of hydrogen-bond donors (Lipinski definition) is 0. The van der Waals surface area contributed by atoms with Gasteiger partial charge >= 0.3 is 5.63 Å². The van der Waals surface area contributed by atoms with Crippen LogP contribution >= 0.6 is 27.5 Å². The molecule has 1 aromatic carbocycles. The third kappa shape index (κ3) is 1.91. The van der Waals surface area contributed by atoms with Crippen molar-refractivity contribution in [1.82, 2.24) is 4.98 Å². The van der Waals surface area contributed by atoms with Crippen LogP contribution in [0.25, 0.3) is 10.9 Å². The van der Waals surface area contributed by atoms with Crippen LogP contribution in [-0.2, 0) is 0 Å². The summed E-state index contributed by atoms with van der Waals surface area (Å²) in [6, 6.07) is 1.15. The quantitative estimate of drug-likeness (QED) is 0.596. The molecule has 88 valence electrons. The maximum Gasteiger partial charge on any atom is 0.348 e. The van der Waals surface area contributed by atoms with Crippen molar-refractivity contribution in [2.24, 2.45) is 0 Å². The van der Waals surface area contributed by atoms with Crippen molar-refractivity contribution >= 4 is 44.1 Å². The molecule has 2 aromatic rings. The molecule has 6 nitrogen and oxygen atoms in total. The lowest BCUT2D eigenvalue weighted by Gasteiger charge is -2.02. The smallest absolute Gasteiger partial charge is 0.348 e. The lowest BCUT2D eigenvalue weighted by molar-refractivity contribution is -0.384. The molecule has 8 heteroatoms. The summed E-state index contributed by atoms with van der Waals surface area (Å²) in [6.07, 6.45) is 0. The second-order valence-electron chi connectivity index (χ2n) is 3.19. The molecule has 0 fully saturated rings. The van der Waals surface area contributed by atoms with E-state index in [1.165, 1.54) is 6.92 Å². The third-order valence-electron chi connectivity index (χ3n) is 2.08. The molecule has 0 atom stereocenters. The van der Waals surface area contributed by atoms with E-state index in [0.717, 1.165) is 6.07 Å². The largest absolute Gasteiger partial charge is 0.408 e. The highest BCUT2D eigenvalue weighted by atomic mass is 79.9. The van der Waals surface area contributed by atoms with E-state index < -0.39 is 10.5 Å². The normalized spacial score (nSPS) is 10.8. The van der Waals surface area contributed by atoms with Gasteiger partial charge in [-0.15, -0.1) is 0 Å². The standard InChI is InChI=1S/C9H4BrClN2O4/c1-3-12-8-6(9(14)17-3)4(10)2-5(7(8)11)13(15)16/h2H,1H3. The summed E-state index contributed by atoms with van der Waals surface area (Å²) in [5.41, 5.74) is -0.902. The van der Waals surface area contributed by atoms with Crippen molar-refractivity contribution in [3.05, 3.63) is 42.0 Å². The highest BCUT2D eigenvalue weighted by Crippen LogP contribution is 2.35. The molecule has 17 heavy (non-hydrogen) atoms. The van der Waals surface area contributed by atoms with Crippen molar-refractivity contribution in [1.29, 1.82) is 0 Å². The maximum absolute atomic E-state index is 11.6. The van der Waals surface area contributed by atoms with Gasteiger partial charge in [0.15, 0.2) is 5.89 Å². The van der Waals surface area contributed by atoms with Crippen LogP contribution in [0.5, 0.6) is 0 Å². The van der Waals surface area contributed by atoms with Crippen molar-refractivity contribution in [3.8, 4) is 0 Å². The molecule has 0 saturated heterocycles. The number of hydrogen-bond acceptors (Lipinski definition) is 5. The summed E-state index contributed by atoms with van der Waals surface area (Å²) in [7, 11) is 0. The number of fused-ring (bicyclic) bond motifs is 1. The molecule has 0 amide bonds. The van der Waals surface area contributed by atoms with E-state index in [1.54, 1.807) is 0 Å². The first kappa shape index (κ1) is 12.0. The van der Waals surface area contributed by atoms with Gasteiger partial charge in [-0.25, -0.2) is 9.78 Å². The molecular formula is C9H4BrClN2O4. The Bertz CT molecular complexity index is 697. The molecule has 2 rings (SSSR count). The van der Waals surface area contributed by atoms with E-state index in [0.29, 0.717) is 0 Å². The van der Waals surface area contributed by atoms with E-state index in [9.17, 15) is 14.9 Å². The highest BCUT2D eigenvalue weighted by molar-refractivity contribution is 9.10. The average Bonchev–Trinajstić information content (AvgIpc) is 2.21. The van der Waals surface area contributed by atoms with Gasteiger partial charge in [0, 0.05) is 17.5 Å². The summed E-state index contributed by atoms with van der Waals surface area (Å²) in [5, 5.41) is 10.7. The van der Waals surface area contributed by atoms with Gasteiger partial charge in [0.05, 0.1) is 4.92 Å². The molecule has 0 radical (unpaired) electrons. The number of aryl methyl sites for hydroxylation is 1. The minimum absolute atomic E-state index is 0.0569. The highest BCUT2D eigenvalue weighted by Gasteiger charge is 2.21. The van der Waals surface area contributed by atoms with Crippen molar-refractivity contribution in [2.45, 2.75) is 6.92 Å². The van der Waals surface area contributed by atoms with Gasteiger partial charge in [-0.05, 0) is 15.9 Å². The molecule has 1 aromatic heterocycles. The van der Waals surface area contributed by atoms with Crippen LogP contribution < -0.4 is 5.63 Å². The summed E-state index contributed by atoms with van der Waals surface area (Å²) in [4.78, 5) is 25.6. The van der Waals surface area contributed by atoms with Crippen LogP contribution in [0, 0.1) is 17.0 Å². The second kappa shape index (κ2) is 4.08. The average molecular weight is 319 g/mol. The Hall–Kier alpha value is -1.47. The molecule has 0 N–H and O–H groups in total. The zero-order valence-electron chi connectivity index (χ0n) is 8.36. The minimum atomic E-state index is -0.642. The first-order valence-corrected chi connectivity index (χ1v) is 5.52. The number of nitrogens with zero attached hydrogens (tertiary/aromatic N) is 2. The molecule has 0 saturated carbocycles. The Morgan fingerprint density at radius 1 is 1.59 bits per heavy atom. The van der Waals surface area contributed by atoms with E-state index in [2.05, 4.69) is 20.9 Å². The van der Waals surface area contributed by atoms with E-state index in [1.807, 2.05) is 0 Å². The van der Waals surface area contributed by atoms with Gasteiger partial charge < -0.3 is 4.42 Å². The second-order valence-corrected chi connectivity index (χ2v) is 4.42. The van der Waals surface area contributed by atoms with Gasteiger partial charge in [0.2, 0.25) is 0 Å². The zero-order valence-corrected chi connectivity index (χ0v) is 10.7. The number of nitro benzene ring substituents is 1. The Balaban J connectivity index is 3.04. The van der Waals surface area contributed by atoms with Crippen LogP contribution in [-0.4, -0.2) is 9.91 Å². The topological polar surface area (TPSA) is 86.2 Å². The fourth-order valence-corrected chi connectivity index (χ4v) is 2.22. The Morgan fingerprint density at radius 2 is 2.24 bits per heavy atom. The molecular weight excluding hydrogens is 315 g/mol.